The highest BCUT2D eigenvalue weighted by Crippen LogP contribution is 2.19. The lowest BCUT2D eigenvalue weighted by Gasteiger charge is -2.20. The largest absolute Gasteiger partial charge is 0.395 e. The number of nitrogens with one attached hydrogen (secondary N) is 1. The molecule has 0 aliphatic rings. The van der Waals surface area contributed by atoms with E-state index in [0.29, 0.717) is 29.8 Å². The number of fused-ring (bicyclic) bond motifs is 1. The van der Waals surface area contributed by atoms with E-state index >= 15 is 0 Å². The summed E-state index contributed by atoms with van der Waals surface area (Å²) in [5.74, 6) is 0.646. The third kappa shape index (κ3) is 6.52. The van der Waals surface area contributed by atoms with Crippen molar-refractivity contribution in [3.8, 4) is 0 Å². The highest BCUT2D eigenvalue weighted by molar-refractivity contribution is 5.89. The fourth-order valence-electron chi connectivity index (χ4n) is 4.10. The Kier molecular flexibility index (Phi) is 8.79. The normalized spacial score (nSPS) is 12.4. The van der Waals surface area contributed by atoms with Gasteiger partial charge in [-0.15, -0.1) is 0 Å². The zero-order chi connectivity index (χ0) is 23.8. The maximum absolute atomic E-state index is 13.3. The molecule has 0 aliphatic carbocycles. The second-order valence-electron chi connectivity index (χ2n) is 8.59. The van der Waals surface area contributed by atoms with Crippen LogP contribution in [0.25, 0.3) is 10.9 Å². The summed E-state index contributed by atoms with van der Waals surface area (Å²) in [5.41, 5.74) is 8.52. The molecule has 33 heavy (non-hydrogen) atoms. The monoisotopic (exact) mass is 452 g/mol. The van der Waals surface area contributed by atoms with Crippen LogP contribution in [0.4, 0.5) is 11.8 Å². The van der Waals surface area contributed by atoms with Crippen molar-refractivity contribution in [3.05, 3.63) is 58.0 Å². The van der Waals surface area contributed by atoms with E-state index in [9.17, 15) is 9.90 Å². The Morgan fingerprint density at radius 1 is 1.09 bits per heavy atom. The molecule has 0 saturated heterocycles. The van der Waals surface area contributed by atoms with E-state index in [1.54, 1.807) is 10.8 Å². The van der Waals surface area contributed by atoms with Crippen molar-refractivity contribution in [1.82, 2.24) is 19.4 Å². The summed E-state index contributed by atoms with van der Waals surface area (Å²) in [6, 6.07) is 10.3. The van der Waals surface area contributed by atoms with Gasteiger partial charge in [-0.3, -0.25) is 9.69 Å². The summed E-state index contributed by atoms with van der Waals surface area (Å²) < 4.78 is 1.68. The molecule has 1 atom stereocenters. The number of pyridine rings is 1. The minimum Gasteiger partial charge on any atom is -0.395 e. The van der Waals surface area contributed by atoms with Crippen LogP contribution < -0.4 is 16.6 Å². The van der Waals surface area contributed by atoms with Crippen molar-refractivity contribution in [2.75, 3.05) is 30.7 Å². The Morgan fingerprint density at radius 2 is 1.82 bits per heavy atom. The fraction of sp³-hybridized carbons (Fsp3) is 0.480. The van der Waals surface area contributed by atoms with Gasteiger partial charge in [-0.2, -0.15) is 4.98 Å². The number of nitrogen functional groups attached to an aromatic ring is 1. The van der Waals surface area contributed by atoms with E-state index in [-0.39, 0.29) is 24.2 Å². The number of benzene rings is 1. The molecule has 0 bridgehead atoms. The number of hydrogen-bond donors (Lipinski definition) is 3. The van der Waals surface area contributed by atoms with Crippen LogP contribution in [0, 0.1) is 0 Å². The van der Waals surface area contributed by atoms with Crippen LogP contribution in [0.3, 0.4) is 0 Å². The molecule has 0 saturated carbocycles. The second kappa shape index (κ2) is 11.8. The predicted molar refractivity (Wildman–Crippen MR) is 134 cm³/mol. The van der Waals surface area contributed by atoms with Gasteiger partial charge >= 0.3 is 0 Å². The quantitative estimate of drug-likeness (QED) is 0.387. The standard InChI is InChI=1S/C25H36N6O2/c1-4-6-18(3)27-23-22-21(28-25(26)29-23)11-13-31(24(22)33)17-20-9-7-19(8-10-20)16-30(12-5-2)14-15-32/h7-11,13,18,32H,4-6,12,14-17H2,1-3H3,(H3,26,27,28,29)/t18-/m1/s1. The van der Waals surface area contributed by atoms with Gasteiger partial charge in [-0.1, -0.05) is 44.5 Å². The van der Waals surface area contributed by atoms with Gasteiger partial charge in [0.25, 0.3) is 5.56 Å². The van der Waals surface area contributed by atoms with E-state index in [2.05, 4.69) is 65.2 Å². The van der Waals surface area contributed by atoms with Crippen LogP contribution >= 0.6 is 0 Å². The van der Waals surface area contributed by atoms with Crippen LogP contribution in [0.1, 0.15) is 51.2 Å². The molecular formula is C25H36N6O2. The summed E-state index contributed by atoms with van der Waals surface area (Å²) in [6.45, 7) is 9.37. The van der Waals surface area contributed by atoms with Gasteiger partial charge < -0.3 is 20.7 Å². The molecule has 0 amide bonds. The lowest BCUT2D eigenvalue weighted by molar-refractivity contribution is 0.190. The van der Waals surface area contributed by atoms with Crippen molar-refractivity contribution in [1.29, 1.82) is 0 Å². The minimum absolute atomic E-state index is 0.139. The van der Waals surface area contributed by atoms with E-state index in [1.165, 1.54) is 5.56 Å². The molecule has 3 rings (SSSR count). The molecule has 1 aromatic carbocycles. The molecule has 0 unspecified atom stereocenters. The van der Waals surface area contributed by atoms with Crippen molar-refractivity contribution < 1.29 is 5.11 Å². The van der Waals surface area contributed by atoms with Crippen molar-refractivity contribution in [3.63, 3.8) is 0 Å². The first-order valence-corrected chi connectivity index (χ1v) is 11.8. The van der Waals surface area contributed by atoms with Crippen LogP contribution in [-0.4, -0.2) is 50.3 Å². The average Bonchev–Trinajstić information content (AvgIpc) is 2.77. The van der Waals surface area contributed by atoms with Gasteiger partial charge in [-0.25, -0.2) is 4.98 Å². The molecule has 4 N–H and O–H groups in total. The topological polar surface area (TPSA) is 109 Å². The number of aliphatic hydroxyl groups excluding tert-OH is 1. The zero-order valence-corrected chi connectivity index (χ0v) is 19.9. The van der Waals surface area contributed by atoms with Gasteiger partial charge in [0.15, 0.2) is 0 Å². The minimum atomic E-state index is -0.139. The van der Waals surface area contributed by atoms with Gasteiger partial charge in [0.2, 0.25) is 5.95 Å². The first kappa shape index (κ1) is 24.7. The van der Waals surface area contributed by atoms with E-state index in [4.69, 9.17) is 5.73 Å². The summed E-state index contributed by atoms with van der Waals surface area (Å²) >= 11 is 0. The molecular weight excluding hydrogens is 416 g/mol. The Balaban J connectivity index is 1.83. The van der Waals surface area contributed by atoms with E-state index in [1.807, 2.05) is 6.07 Å². The Bertz CT molecular complexity index is 1090. The molecule has 8 heteroatoms. The summed E-state index contributed by atoms with van der Waals surface area (Å²) in [5, 5.41) is 13.1. The molecule has 2 heterocycles. The van der Waals surface area contributed by atoms with E-state index in [0.717, 1.165) is 37.9 Å². The first-order valence-electron chi connectivity index (χ1n) is 11.8. The second-order valence-corrected chi connectivity index (χ2v) is 8.59. The number of aromatic nitrogens is 3. The van der Waals surface area contributed by atoms with Crippen molar-refractivity contribution >= 4 is 22.7 Å². The van der Waals surface area contributed by atoms with Gasteiger partial charge in [0.1, 0.15) is 11.2 Å². The summed E-state index contributed by atoms with van der Waals surface area (Å²) in [7, 11) is 0. The lowest BCUT2D eigenvalue weighted by Crippen LogP contribution is -2.27. The Labute approximate surface area is 195 Å². The third-order valence-corrected chi connectivity index (χ3v) is 5.68. The van der Waals surface area contributed by atoms with Gasteiger partial charge in [-0.05, 0) is 43.5 Å². The predicted octanol–water partition coefficient (Wildman–Crippen LogP) is 3.23. The molecule has 0 radical (unpaired) electrons. The number of nitrogens with two attached hydrogens (primary N) is 1. The van der Waals surface area contributed by atoms with Crippen molar-refractivity contribution in [2.45, 2.75) is 59.2 Å². The summed E-state index contributed by atoms with van der Waals surface area (Å²) in [6.07, 6.45) is 4.80. The van der Waals surface area contributed by atoms with Gasteiger partial charge in [0, 0.05) is 25.3 Å². The maximum atomic E-state index is 13.3. The van der Waals surface area contributed by atoms with Crippen LogP contribution in [-0.2, 0) is 13.1 Å². The molecule has 0 spiro atoms. The maximum Gasteiger partial charge on any atom is 0.264 e. The molecule has 8 nitrogen and oxygen atoms in total. The van der Waals surface area contributed by atoms with Crippen LogP contribution in [0.15, 0.2) is 41.3 Å². The molecule has 3 aromatic rings. The van der Waals surface area contributed by atoms with Crippen molar-refractivity contribution in [2.24, 2.45) is 0 Å². The number of nitrogens with zero attached hydrogens (tertiary/aromatic N) is 4. The molecule has 0 aliphatic heterocycles. The fourth-order valence-corrected chi connectivity index (χ4v) is 4.10. The Hall–Kier alpha value is -2.97. The highest BCUT2D eigenvalue weighted by atomic mass is 16.3. The Morgan fingerprint density at radius 3 is 2.48 bits per heavy atom. The molecule has 0 fully saturated rings. The smallest absolute Gasteiger partial charge is 0.264 e. The zero-order valence-electron chi connectivity index (χ0n) is 19.9. The lowest BCUT2D eigenvalue weighted by atomic mass is 10.1. The van der Waals surface area contributed by atoms with Gasteiger partial charge in [0.05, 0.1) is 18.7 Å². The SMILES string of the molecule is CCC[C@@H](C)Nc1nc(N)nc2ccn(Cc3ccc(CN(CCC)CCO)cc3)c(=O)c12. The summed E-state index contributed by atoms with van der Waals surface area (Å²) in [4.78, 5) is 24.2. The highest BCUT2D eigenvalue weighted by Gasteiger charge is 2.14. The number of aliphatic hydroxyl groups is 1. The molecule has 2 aromatic heterocycles. The van der Waals surface area contributed by atoms with E-state index < -0.39 is 0 Å². The van der Waals surface area contributed by atoms with Crippen LogP contribution in [0.2, 0.25) is 0 Å². The number of rotatable bonds is 12. The number of hydrogen-bond acceptors (Lipinski definition) is 7. The number of anilines is 2. The first-order chi connectivity index (χ1) is 15.9. The molecule has 178 valence electrons. The average molecular weight is 453 g/mol. The third-order valence-electron chi connectivity index (χ3n) is 5.68. The van der Waals surface area contributed by atoms with Crippen LogP contribution in [0.5, 0.6) is 0 Å².